The Hall–Kier alpha value is -0.900. The molecule has 2 saturated heterocycles. The SMILES string of the molecule is CC(C)(CN1CCN2CCCC2C1)C(O)c1ccccc1. The number of aliphatic hydroxyl groups is 1. The third-order valence-corrected chi connectivity index (χ3v) is 5.16. The maximum atomic E-state index is 10.7. The van der Waals surface area contributed by atoms with E-state index in [0.717, 1.165) is 24.7 Å². The number of fused-ring (bicyclic) bond motifs is 1. The van der Waals surface area contributed by atoms with Gasteiger partial charge in [0.1, 0.15) is 0 Å². The predicted molar refractivity (Wildman–Crippen MR) is 86.2 cm³/mol. The maximum Gasteiger partial charge on any atom is 0.0853 e. The number of hydrogen-bond donors (Lipinski definition) is 1. The van der Waals surface area contributed by atoms with E-state index < -0.39 is 6.10 Å². The van der Waals surface area contributed by atoms with E-state index in [1.54, 1.807) is 0 Å². The molecule has 0 aliphatic carbocycles. The Bertz CT molecular complexity index is 460. The minimum Gasteiger partial charge on any atom is -0.388 e. The number of hydrogen-bond acceptors (Lipinski definition) is 3. The van der Waals surface area contributed by atoms with E-state index in [1.165, 1.54) is 32.5 Å². The van der Waals surface area contributed by atoms with Crippen LogP contribution in [-0.4, -0.2) is 53.7 Å². The summed E-state index contributed by atoms with van der Waals surface area (Å²) in [6.07, 6.45) is 2.30. The van der Waals surface area contributed by atoms with Crippen molar-refractivity contribution in [1.82, 2.24) is 9.80 Å². The summed E-state index contributed by atoms with van der Waals surface area (Å²) in [7, 11) is 0. The van der Waals surface area contributed by atoms with Gasteiger partial charge in [0.05, 0.1) is 6.10 Å². The Morgan fingerprint density at radius 2 is 1.95 bits per heavy atom. The normalized spacial score (nSPS) is 25.8. The van der Waals surface area contributed by atoms with Crippen molar-refractivity contribution in [3.8, 4) is 0 Å². The highest BCUT2D eigenvalue weighted by Gasteiger charge is 2.35. The van der Waals surface area contributed by atoms with Crippen LogP contribution in [-0.2, 0) is 0 Å². The molecular formula is C18H28N2O. The highest BCUT2D eigenvalue weighted by Crippen LogP contribution is 2.35. The molecule has 21 heavy (non-hydrogen) atoms. The van der Waals surface area contributed by atoms with E-state index in [2.05, 4.69) is 23.6 Å². The molecule has 3 rings (SSSR count). The Labute approximate surface area is 128 Å². The Morgan fingerprint density at radius 3 is 2.71 bits per heavy atom. The molecule has 2 atom stereocenters. The van der Waals surface area contributed by atoms with Crippen LogP contribution in [0.1, 0.15) is 38.4 Å². The monoisotopic (exact) mass is 288 g/mol. The van der Waals surface area contributed by atoms with Gasteiger partial charge in [-0.1, -0.05) is 44.2 Å². The minimum atomic E-state index is -0.402. The van der Waals surface area contributed by atoms with Gasteiger partial charge in [0.2, 0.25) is 0 Å². The predicted octanol–water partition coefficient (Wildman–Crippen LogP) is 2.53. The molecule has 0 aromatic heterocycles. The topological polar surface area (TPSA) is 26.7 Å². The zero-order valence-corrected chi connectivity index (χ0v) is 13.3. The molecule has 2 heterocycles. The first-order valence-corrected chi connectivity index (χ1v) is 8.26. The van der Waals surface area contributed by atoms with Crippen LogP contribution in [0.5, 0.6) is 0 Å². The van der Waals surface area contributed by atoms with Crippen molar-refractivity contribution in [2.75, 3.05) is 32.7 Å². The fraction of sp³-hybridized carbons (Fsp3) is 0.667. The fourth-order valence-corrected chi connectivity index (χ4v) is 3.95. The van der Waals surface area contributed by atoms with Crippen LogP contribution in [0.3, 0.4) is 0 Å². The van der Waals surface area contributed by atoms with Crippen LogP contribution >= 0.6 is 0 Å². The van der Waals surface area contributed by atoms with Gasteiger partial charge in [-0.2, -0.15) is 0 Å². The standard InChI is InChI=1S/C18H28N2O/c1-18(2,17(21)15-7-4-3-5-8-15)14-19-11-12-20-10-6-9-16(20)13-19/h3-5,7-8,16-17,21H,6,9-14H2,1-2H3. The van der Waals surface area contributed by atoms with Crippen LogP contribution in [0.4, 0.5) is 0 Å². The van der Waals surface area contributed by atoms with E-state index in [9.17, 15) is 5.11 Å². The van der Waals surface area contributed by atoms with Gasteiger partial charge in [-0.3, -0.25) is 9.80 Å². The molecule has 0 spiro atoms. The summed E-state index contributed by atoms with van der Waals surface area (Å²) in [5, 5.41) is 10.7. The minimum absolute atomic E-state index is 0.123. The highest BCUT2D eigenvalue weighted by molar-refractivity contribution is 5.19. The lowest BCUT2D eigenvalue weighted by Gasteiger charge is -2.42. The second kappa shape index (κ2) is 6.07. The molecule has 0 saturated carbocycles. The summed E-state index contributed by atoms with van der Waals surface area (Å²) in [5.41, 5.74) is 0.907. The van der Waals surface area contributed by atoms with Gasteiger partial charge in [-0.05, 0) is 24.9 Å². The van der Waals surface area contributed by atoms with Crippen molar-refractivity contribution in [2.45, 2.75) is 38.8 Å². The molecule has 0 bridgehead atoms. The first-order valence-electron chi connectivity index (χ1n) is 8.26. The average molecular weight is 288 g/mol. The number of benzene rings is 1. The van der Waals surface area contributed by atoms with Gasteiger partial charge < -0.3 is 5.11 Å². The maximum absolute atomic E-state index is 10.7. The van der Waals surface area contributed by atoms with Crippen LogP contribution in [0.15, 0.2) is 30.3 Å². The number of aliphatic hydroxyl groups excluding tert-OH is 1. The van der Waals surface area contributed by atoms with E-state index >= 15 is 0 Å². The van der Waals surface area contributed by atoms with Crippen molar-refractivity contribution in [1.29, 1.82) is 0 Å². The molecule has 116 valence electrons. The van der Waals surface area contributed by atoms with Gasteiger partial charge in [0.15, 0.2) is 0 Å². The Morgan fingerprint density at radius 1 is 1.19 bits per heavy atom. The third kappa shape index (κ3) is 3.31. The molecule has 1 aromatic carbocycles. The summed E-state index contributed by atoms with van der Waals surface area (Å²) in [5.74, 6) is 0. The van der Waals surface area contributed by atoms with Gasteiger partial charge in [-0.15, -0.1) is 0 Å². The molecule has 2 fully saturated rings. The largest absolute Gasteiger partial charge is 0.388 e. The molecule has 0 amide bonds. The summed E-state index contributed by atoms with van der Waals surface area (Å²) >= 11 is 0. The van der Waals surface area contributed by atoms with Crippen LogP contribution < -0.4 is 0 Å². The summed E-state index contributed by atoms with van der Waals surface area (Å²) in [6.45, 7) is 10.1. The van der Waals surface area contributed by atoms with Crippen LogP contribution in [0.2, 0.25) is 0 Å². The van der Waals surface area contributed by atoms with Crippen LogP contribution in [0, 0.1) is 5.41 Å². The summed E-state index contributed by atoms with van der Waals surface area (Å²) in [6, 6.07) is 10.8. The second-order valence-corrected chi connectivity index (χ2v) is 7.37. The third-order valence-electron chi connectivity index (χ3n) is 5.16. The van der Waals surface area contributed by atoms with E-state index in [0.29, 0.717) is 0 Å². The molecule has 2 aliphatic rings. The Kier molecular flexibility index (Phi) is 4.34. The molecule has 1 N–H and O–H groups in total. The molecule has 3 heteroatoms. The highest BCUT2D eigenvalue weighted by atomic mass is 16.3. The average Bonchev–Trinajstić information content (AvgIpc) is 2.94. The zero-order chi connectivity index (χ0) is 14.9. The van der Waals surface area contributed by atoms with Crippen molar-refractivity contribution in [3.63, 3.8) is 0 Å². The van der Waals surface area contributed by atoms with Gasteiger partial charge >= 0.3 is 0 Å². The fourth-order valence-electron chi connectivity index (χ4n) is 3.95. The van der Waals surface area contributed by atoms with Gasteiger partial charge in [0, 0.05) is 37.6 Å². The second-order valence-electron chi connectivity index (χ2n) is 7.37. The van der Waals surface area contributed by atoms with E-state index in [4.69, 9.17) is 0 Å². The summed E-state index contributed by atoms with van der Waals surface area (Å²) < 4.78 is 0. The number of rotatable bonds is 4. The van der Waals surface area contributed by atoms with E-state index in [-0.39, 0.29) is 5.41 Å². The first-order chi connectivity index (χ1) is 10.1. The molecule has 3 nitrogen and oxygen atoms in total. The Balaban J connectivity index is 1.63. The first kappa shape index (κ1) is 15.0. The smallest absolute Gasteiger partial charge is 0.0853 e. The lowest BCUT2D eigenvalue weighted by Crippen LogP contribution is -2.52. The quantitative estimate of drug-likeness (QED) is 0.922. The molecule has 2 unspecified atom stereocenters. The number of nitrogens with zero attached hydrogens (tertiary/aromatic N) is 2. The zero-order valence-electron chi connectivity index (χ0n) is 13.3. The lowest BCUT2D eigenvalue weighted by molar-refractivity contribution is 0.000873. The molecule has 2 aliphatic heterocycles. The molecular weight excluding hydrogens is 260 g/mol. The summed E-state index contributed by atoms with van der Waals surface area (Å²) in [4.78, 5) is 5.19. The van der Waals surface area contributed by atoms with Crippen molar-refractivity contribution >= 4 is 0 Å². The number of piperazine rings is 1. The van der Waals surface area contributed by atoms with Crippen molar-refractivity contribution < 1.29 is 5.11 Å². The van der Waals surface area contributed by atoms with Gasteiger partial charge in [0.25, 0.3) is 0 Å². The van der Waals surface area contributed by atoms with Crippen LogP contribution in [0.25, 0.3) is 0 Å². The van der Waals surface area contributed by atoms with E-state index in [1.807, 2.05) is 30.3 Å². The molecule has 1 aromatic rings. The van der Waals surface area contributed by atoms with Crippen molar-refractivity contribution in [3.05, 3.63) is 35.9 Å². The van der Waals surface area contributed by atoms with Crippen molar-refractivity contribution in [2.24, 2.45) is 5.41 Å². The van der Waals surface area contributed by atoms with Gasteiger partial charge in [-0.25, -0.2) is 0 Å². The molecule has 0 radical (unpaired) electrons. The lowest BCUT2D eigenvalue weighted by atomic mass is 9.82.